The van der Waals surface area contributed by atoms with Gasteiger partial charge in [-0.1, -0.05) is 25.1 Å². The van der Waals surface area contributed by atoms with Crippen LogP contribution < -0.4 is 5.32 Å². The Morgan fingerprint density at radius 1 is 1.30 bits per heavy atom. The largest absolute Gasteiger partial charge is 0.383 e. The maximum atomic E-state index is 5.06. The number of rotatable bonds is 8. The number of imidazole rings is 1. The molecule has 2 rings (SSSR count). The molecule has 0 spiro atoms. The molecule has 1 heterocycles. The van der Waals surface area contributed by atoms with Crippen molar-refractivity contribution < 1.29 is 4.74 Å². The smallest absolute Gasteiger partial charge is 0.113 e. The van der Waals surface area contributed by atoms with Crippen LogP contribution in [0.4, 0.5) is 0 Å². The fourth-order valence-corrected chi connectivity index (χ4v) is 2.25. The van der Waals surface area contributed by atoms with Crippen molar-refractivity contribution in [2.75, 3.05) is 20.3 Å². The van der Waals surface area contributed by atoms with Crippen LogP contribution in [0, 0.1) is 0 Å². The normalized spacial score (nSPS) is 10.9. The van der Waals surface area contributed by atoms with Gasteiger partial charge in [-0.2, -0.15) is 0 Å². The summed E-state index contributed by atoms with van der Waals surface area (Å²) in [5.41, 5.74) is 2.48. The van der Waals surface area contributed by atoms with Crippen LogP contribution in [0.3, 0.4) is 0 Å². The summed E-state index contributed by atoms with van der Waals surface area (Å²) in [6.07, 6.45) is 6.02. The summed E-state index contributed by atoms with van der Waals surface area (Å²) in [4.78, 5) is 4.46. The zero-order valence-electron chi connectivity index (χ0n) is 12.3. The number of aromatic nitrogens is 2. The van der Waals surface area contributed by atoms with Gasteiger partial charge in [0.15, 0.2) is 0 Å². The van der Waals surface area contributed by atoms with E-state index in [1.165, 1.54) is 11.3 Å². The van der Waals surface area contributed by atoms with Crippen LogP contribution in [-0.2, 0) is 17.7 Å². The highest BCUT2D eigenvalue weighted by Crippen LogP contribution is 2.17. The maximum absolute atomic E-state index is 5.06. The lowest BCUT2D eigenvalue weighted by Gasteiger charge is -2.13. The molecule has 0 saturated carbocycles. The van der Waals surface area contributed by atoms with Crippen molar-refractivity contribution in [3.8, 4) is 5.69 Å². The molecule has 0 fully saturated rings. The van der Waals surface area contributed by atoms with Crippen molar-refractivity contribution in [1.82, 2.24) is 14.9 Å². The summed E-state index contributed by atoms with van der Waals surface area (Å²) in [5.74, 6) is 1.12. The fourth-order valence-electron chi connectivity index (χ4n) is 2.25. The number of nitrogens with zero attached hydrogens (tertiary/aromatic N) is 2. The minimum Gasteiger partial charge on any atom is -0.383 e. The van der Waals surface area contributed by atoms with Crippen LogP contribution >= 0.6 is 0 Å². The summed E-state index contributed by atoms with van der Waals surface area (Å²) in [7, 11) is 1.72. The molecule has 108 valence electrons. The van der Waals surface area contributed by atoms with Gasteiger partial charge in [-0.15, -0.1) is 0 Å². The van der Waals surface area contributed by atoms with Gasteiger partial charge in [0.2, 0.25) is 0 Å². The van der Waals surface area contributed by atoms with Gasteiger partial charge in [0, 0.05) is 39.0 Å². The minimum absolute atomic E-state index is 0.730. The topological polar surface area (TPSA) is 39.1 Å². The molecule has 0 unspecified atom stereocenters. The van der Waals surface area contributed by atoms with E-state index in [0.29, 0.717) is 0 Å². The summed E-state index contributed by atoms with van der Waals surface area (Å²) in [6.45, 7) is 4.60. The maximum Gasteiger partial charge on any atom is 0.113 e. The lowest BCUT2D eigenvalue weighted by Crippen LogP contribution is -2.19. The fraction of sp³-hybridized carbons (Fsp3) is 0.438. The summed E-state index contributed by atoms with van der Waals surface area (Å²) >= 11 is 0. The Balaban J connectivity index is 2.16. The highest BCUT2D eigenvalue weighted by atomic mass is 16.5. The Kier molecular flexibility index (Phi) is 5.77. The SMILES string of the molecule is CCCc1nccn1-c1ccccc1CNCCOC. The van der Waals surface area contributed by atoms with Crippen molar-refractivity contribution >= 4 is 0 Å². The van der Waals surface area contributed by atoms with Crippen molar-refractivity contribution in [3.63, 3.8) is 0 Å². The third-order valence-electron chi connectivity index (χ3n) is 3.24. The Labute approximate surface area is 120 Å². The third-order valence-corrected chi connectivity index (χ3v) is 3.24. The van der Waals surface area contributed by atoms with E-state index in [-0.39, 0.29) is 0 Å². The molecular weight excluding hydrogens is 250 g/mol. The molecule has 0 aliphatic heterocycles. The molecule has 4 nitrogen and oxygen atoms in total. The lowest BCUT2D eigenvalue weighted by atomic mass is 10.1. The number of hydrogen-bond donors (Lipinski definition) is 1. The molecule has 1 N–H and O–H groups in total. The molecular formula is C16H23N3O. The predicted molar refractivity (Wildman–Crippen MR) is 81.1 cm³/mol. The van der Waals surface area contributed by atoms with E-state index in [1.54, 1.807) is 7.11 Å². The Bertz CT molecular complexity index is 522. The first-order valence-electron chi connectivity index (χ1n) is 7.17. The molecule has 0 saturated heterocycles. The Hall–Kier alpha value is -1.65. The first kappa shape index (κ1) is 14.8. The average Bonchev–Trinajstić information content (AvgIpc) is 2.93. The minimum atomic E-state index is 0.730. The van der Waals surface area contributed by atoms with E-state index >= 15 is 0 Å². The van der Waals surface area contributed by atoms with Crippen LogP contribution in [0.15, 0.2) is 36.7 Å². The quantitative estimate of drug-likeness (QED) is 0.751. The predicted octanol–water partition coefficient (Wildman–Crippen LogP) is 2.56. The molecule has 2 aromatic rings. The van der Waals surface area contributed by atoms with Crippen LogP contribution in [0.2, 0.25) is 0 Å². The Morgan fingerprint density at radius 3 is 2.95 bits per heavy atom. The van der Waals surface area contributed by atoms with E-state index in [9.17, 15) is 0 Å². The van der Waals surface area contributed by atoms with Gasteiger partial charge in [-0.05, 0) is 18.1 Å². The molecule has 0 radical (unpaired) electrons. The first-order chi connectivity index (χ1) is 9.86. The Morgan fingerprint density at radius 2 is 2.15 bits per heavy atom. The van der Waals surface area contributed by atoms with Crippen molar-refractivity contribution in [3.05, 3.63) is 48.0 Å². The van der Waals surface area contributed by atoms with Gasteiger partial charge in [0.1, 0.15) is 5.82 Å². The van der Waals surface area contributed by atoms with E-state index in [2.05, 4.69) is 46.1 Å². The molecule has 0 aliphatic rings. The monoisotopic (exact) mass is 273 g/mol. The number of ether oxygens (including phenoxy) is 1. The molecule has 1 aromatic carbocycles. The van der Waals surface area contributed by atoms with Crippen LogP contribution in [-0.4, -0.2) is 29.8 Å². The molecule has 0 amide bonds. The second-order valence-electron chi connectivity index (χ2n) is 4.76. The van der Waals surface area contributed by atoms with Crippen molar-refractivity contribution in [2.45, 2.75) is 26.3 Å². The van der Waals surface area contributed by atoms with Crippen molar-refractivity contribution in [1.29, 1.82) is 0 Å². The van der Waals surface area contributed by atoms with E-state index in [1.807, 2.05) is 12.4 Å². The van der Waals surface area contributed by atoms with E-state index in [4.69, 9.17) is 4.74 Å². The summed E-state index contributed by atoms with van der Waals surface area (Å²) in [5, 5.41) is 3.40. The second-order valence-corrected chi connectivity index (χ2v) is 4.76. The molecule has 0 atom stereocenters. The second kappa shape index (κ2) is 7.82. The number of methoxy groups -OCH3 is 1. The highest BCUT2D eigenvalue weighted by Gasteiger charge is 2.08. The van der Waals surface area contributed by atoms with E-state index in [0.717, 1.165) is 38.4 Å². The number of benzene rings is 1. The van der Waals surface area contributed by atoms with Crippen molar-refractivity contribution in [2.24, 2.45) is 0 Å². The zero-order valence-corrected chi connectivity index (χ0v) is 12.3. The molecule has 1 aromatic heterocycles. The van der Waals surface area contributed by atoms with Gasteiger partial charge in [0.25, 0.3) is 0 Å². The van der Waals surface area contributed by atoms with Gasteiger partial charge in [0.05, 0.1) is 12.3 Å². The number of para-hydroxylation sites is 1. The van der Waals surface area contributed by atoms with Gasteiger partial charge in [-0.25, -0.2) is 4.98 Å². The first-order valence-corrected chi connectivity index (χ1v) is 7.17. The number of aryl methyl sites for hydroxylation is 1. The summed E-state index contributed by atoms with van der Waals surface area (Å²) < 4.78 is 7.25. The molecule has 4 heteroatoms. The number of hydrogen-bond acceptors (Lipinski definition) is 3. The van der Waals surface area contributed by atoms with Gasteiger partial charge < -0.3 is 14.6 Å². The van der Waals surface area contributed by atoms with Gasteiger partial charge >= 0.3 is 0 Å². The number of nitrogens with one attached hydrogen (secondary N) is 1. The van der Waals surface area contributed by atoms with Crippen LogP contribution in [0.25, 0.3) is 5.69 Å². The zero-order chi connectivity index (χ0) is 14.2. The van der Waals surface area contributed by atoms with Gasteiger partial charge in [-0.3, -0.25) is 0 Å². The lowest BCUT2D eigenvalue weighted by molar-refractivity contribution is 0.199. The van der Waals surface area contributed by atoms with Crippen LogP contribution in [0.1, 0.15) is 24.7 Å². The highest BCUT2D eigenvalue weighted by molar-refractivity contribution is 5.42. The third kappa shape index (κ3) is 3.68. The average molecular weight is 273 g/mol. The summed E-state index contributed by atoms with van der Waals surface area (Å²) in [6, 6.07) is 8.45. The van der Waals surface area contributed by atoms with Crippen LogP contribution in [0.5, 0.6) is 0 Å². The van der Waals surface area contributed by atoms with E-state index < -0.39 is 0 Å². The molecule has 0 bridgehead atoms. The molecule has 20 heavy (non-hydrogen) atoms. The molecule has 0 aliphatic carbocycles. The standard InChI is InChI=1S/C16H23N3O/c1-3-6-16-18-9-11-19(16)15-8-5-4-7-14(15)13-17-10-12-20-2/h4-5,7-9,11,17H,3,6,10,12-13H2,1-2H3.